The number of ether oxygens (including phenoxy) is 3. The van der Waals surface area contributed by atoms with Gasteiger partial charge in [0, 0.05) is 19.3 Å². The maximum Gasteiger partial charge on any atom is 0.306 e. The molecule has 83 heavy (non-hydrogen) atoms. The third-order valence-corrected chi connectivity index (χ3v) is 13.7. The van der Waals surface area contributed by atoms with Gasteiger partial charge in [-0.25, -0.2) is 0 Å². The number of allylic oxidation sites excluding steroid dienone is 28. The molecule has 0 rings (SSSR count). The van der Waals surface area contributed by atoms with Gasteiger partial charge < -0.3 is 14.2 Å². The summed E-state index contributed by atoms with van der Waals surface area (Å²) in [5.74, 6) is -1.01. The Bertz CT molecular complexity index is 1890. The zero-order chi connectivity index (χ0) is 59.9. The van der Waals surface area contributed by atoms with Gasteiger partial charge in [-0.1, -0.05) is 281 Å². The predicted molar refractivity (Wildman–Crippen MR) is 361 cm³/mol. The number of esters is 3. The molecule has 466 valence electrons. The lowest BCUT2D eigenvalue weighted by Crippen LogP contribution is -2.30. The second-order valence-electron chi connectivity index (χ2n) is 21.6. The summed E-state index contributed by atoms with van der Waals surface area (Å²) in [6.45, 7) is 6.33. The molecule has 0 aliphatic rings. The average Bonchev–Trinajstić information content (AvgIpc) is 3.49. The number of carbonyl (C=O) groups is 3. The summed E-state index contributed by atoms with van der Waals surface area (Å²) < 4.78 is 16.9. The third-order valence-electron chi connectivity index (χ3n) is 13.7. The molecule has 0 saturated carbocycles. The topological polar surface area (TPSA) is 78.9 Å². The SMILES string of the molecule is CC/C=C\C/C=C\C/C=C\C/C=C\C/C=C\C/C=C\C/C=C\CCCC(=O)OCC(COC(=O)CCCCC/C=C\C/C=C\C/C=C\C/C=C\C/C=C\CC)OC(=O)CCCCCCCCCCCCC/C=C\C/C=C\CCCCCCC. The molecule has 0 aromatic heterocycles. The van der Waals surface area contributed by atoms with Crippen LogP contribution in [0.3, 0.4) is 0 Å². The van der Waals surface area contributed by atoms with Crippen molar-refractivity contribution in [1.29, 1.82) is 0 Å². The first-order chi connectivity index (χ1) is 41.0. The molecule has 1 unspecified atom stereocenters. The Morgan fingerprint density at radius 2 is 0.482 bits per heavy atom. The maximum absolute atomic E-state index is 13.0. The quantitative estimate of drug-likeness (QED) is 0.0261. The van der Waals surface area contributed by atoms with Crippen LogP contribution in [0.2, 0.25) is 0 Å². The van der Waals surface area contributed by atoms with Crippen molar-refractivity contribution in [1.82, 2.24) is 0 Å². The molecule has 0 aromatic rings. The van der Waals surface area contributed by atoms with E-state index in [-0.39, 0.29) is 37.5 Å². The van der Waals surface area contributed by atoms with E-state index in [9.17, 15) is 14.4 Å². The summed E-state index contributed by atoms with van der Waals surface area (Å²) >= 11 is 0. The van der Waals surface area contributed by atoms with Gasteiger partial charge in [0.2, 0.25) is 0 Å². The van der Waals surface area contributed by atoms with Crippen molar-refractivity contribution in [3.05, 3.63) is 170 Å². The maximum atomic E-state index is 13.0. The van der Waals surface area contributed by atoms with Crippen LogP contribution in [-0.2, 0) is 28.6 Å². The van der Waals surface area contributed by atoms with E-state index in [1.165, 1.54) is 96.3 Å². The Kier molecular flexibility index (Phi) is 64.9. The van der Waals surface area contributed by atoms with Crippen molar-refractivity contribution in [2.24, 2.45) is 0 Å². The molecule has 1 atom stereocenters. The van der Waals surface area contributed by atoms with Gasteiger partial charge >= 0.3 is 17.9 Å². The number of carbonyl (C=O) groups excluding carboxylic acids is 3. The van der Waals surface area contributed by atoms with E-state index < -0.39 is 6.10 Å². The lowest BCUT2D eigenvalue weighted by molar-refractivity contribution is -0.167. The molecule has 0 heterocycles. The van der Waals surface area contributed by atoms with E-state index in [1.807, 2.05) is 0 Å². The Labute approximate surface area is 511 Å². The highest BCUT2D eigenvalue weighted by molar-refractivity contribution is 5.71. The van der Waals surface area contributed by atoms with Crippen LogP contribution in [-0.4, -0.2) is 37.2 Å². The fourth-order valence-electron chi connectivity index (χ4n) is 8.72. The fourth-order valence-corrected chi connectivity index (χ4v) is 8.72. The molecule has 0 aromatic carbocycles. The molecule has 0 bridgehead atoms. The molecule has 0 aliphatic carbocycles. The Hall–Kier alpha value is -5.23. The monoisotopic (exact) mass is 1140 g/mol. The minimum absolute atomic E-state index is 0.122. The average molecular weight is 1140 g/mol. The van der Waals surface area contributed by atoms with E-state index in [4.69, 9.17) is 14.2 Å². The first-order valence-corrected chi connectivity index (χ1v) is 33.6. The minimum atomic E-state index is -0.828. The Morgan fingerprint density at radius 3 is 0.795 bits per heavy atom. The van der Waals surface area contributed by atoms with Crippen molar-refractivity contribution >= 4 is 17.9 Å². The Morgan fingerprint density at radius 1 is 0.253 bits per heavy atom. The summed E-state index contributed by atoms with van der Waals surface area (Å²) in [5.41, 5.74) is 0. The van der Waals surface area contributed by atoms with Crippen molar-refractivity contribution in [2.75, 3.05) is 13.2 Å². The largest absolute Gasteiger partial charge is 0.462 e. The predicted octanol–water partition coefficient (Wildman–Crippen LogP) is 23.4. The first kappa shape index (κ1) is 77.8. The van der Waals surface area contributed by atoms with E-state index in [2.05, 4.69) is 191 Å². The lowest BCUT2D eigenvalue weighted by Gasteiger charge is -2.18. The number of hydrogen-bond donors (Lipinski definition) is 0. The molecule has 6 heteroatoms. The zero-order valence-corrected chi connectivity index (χ0v) is 53.4. The number of hydrogen-bond acceptors (Lipinski definition) is 6. The molecule has 0 saturated heterocycles. The van der Waals surface area contributed by atoms with E-state index in [0.29, 0.717) is 19.3 Å². The van der Waals surface area contributed by atoms with Crippen LogP contribution in [0.15, 0.2) is 170 Å². The molecule has 6 nitrogen and oxygen atoms in total. The van der Waals surface area contributed by atoms with Gasteiger partial charge in [-0.05, 0) is 148 Å². The van der Waals surface area contributed by atoms with Crippen molar-refractivity contribution in [3.8, 4) is 0 Å². The number of unbranched alkanes of at least 4 members (excludes halogenated alkanes) is 20. The van der Waals surface area contributed by atoms with Gasteiger partial charge in [0.05, 0.1) is 0 Å². The molecular formula is C77H122O6. The van der Waals surface area contributed by atoms with Crippen molar-refractivity contribution in [3.63, 3.8) is 0 Å². The van der Waals surface area contributed by atoms with Crippen LogP contribution in [0.1, 0.15) is 278 Å². The van der Waals surface area contributed by atoms with Crippen molar-refractivity contribution < 1.29 is 28.6 Å². The van der Waals surface area contributed by atoms with Gasteiger partial charge in [-0.15, -0.1) is 0 Å². The van der Waals surface area contributed by atoms with Gasteiger partial charge in [-0.3, -0.25) is 14.4 Å². The van der Waals surface area contributed by atoms with Gasteiger partial charge in [0.25, 0.3) is 0 Å². The second-order valence-corrected chi connectivity index (χ2v) is 21.6. The highest BCUT2D eigenvalue weighted by Gasteiger charge is 2.19. The normalized spacial score (nSPS) is 13.2. The van der Waals surface area contributed by atoms with Crippen LogP contribution >= 0.6 is 0 Å². The zero-order valence-electron chi connectivity index (χ0n) is 53.4. The first-order valence-electron chi connectivity index (χ1n) is 33.6. The smallest absolute Gasteiger partial charge is 0.306 e. The van der Waals surface area contributed by atoms with Gasteiger partial charge in [0.15, 0.2) is 6.10 Å². The molecule has 0 aliphatic heterocycles. The fraction of sp³-hybridized carbons (Fsp3) is 0.597. The molecule has 0 amide bonds. The summed E-state index contributed by atoms with van der Waals surface area (Å²) in [4.78, 5) is 38.4. The van der Waals surface area contributed by atoms with Gasteiger partial charge in [-0.2, -0.15) is 0 Å². The van der Waals surface area contributed by atoms with Crippen LogP contribution < -0.4 is 0 Å². The number of rotatable bonds is 59. The van der Waals surface area contributed by atoms with Gasteiger partial charge in [0.1, 0.15) is 13.2 Å². The summed E-state index contributed by atoms with van der Waals surface area (Å²) in [5, 5.41) is 0. The lowest BCUT2D eigenvalue weighted by atomic mass is 10.0. The highest BCUT2D eigenvalue weighted by atomic mass is 16.6. The van der Waals surface area contributed by atoms with Crippen LogP contribution in [0.4, 0.5) is 0 Å². The van der Waals surface area contributed by atoms with E-state index in [1.54, 1.807) is 0 Å². The van der Waals surface area contributed by atoms with Crippen LogP contribution in [0.25, 0.3) is 0 Å². The van der Waals surface area contributed by atoms with Crippen molar-refractivity contribution in [2.45, 2.75) is 284 Å². The standard InChI is InChI=1S/C77H122O6/c1-4-7-10-13-16-19-22-25-28-31-34-36-38-40-43-46-49-52-55-58-61-64-67-70-76(79)82-73-74(72-81-75(78)69-66-63-60-57-54-51-48-45-42-33-30-27-24-21-18-15-12-9-6-3)83-77(80)71-68-65-62-59-56-53-50-47-44-41-39-37-35-32-29-26-23-20-17-14-11-8-5-2/h7,9-10,12,16,18-19,21,23,25-28,30,32,34-36,40,42-43,45,49,51-52,54,58,61,74H,4-6,8,11,13-15,17,20,22,24,29,31,33,37-39,41,44,46-48,50,53,55-57,59-60,62-73H2,1-3H3/b10-7-,12-9-,19-16-,21-18-,26-23-,28-25-,30-27-,35-32-,36-34-,43-40-,45-42-,52-49-,54-51-,61-58-. The van der Waals surface area contributed by atoms with E-state index >= 15 is 0 Å². The Balaban J connectivity index is 4.56. The molecular weight excluding hydrogens is 1020 g/mol. The summed E-state index contributed by atoms with van der Waals surface area (Å²) in [6.07, 6.45) is 102. The van der Waals surface area contributed by atoms with E-state index in [0.717, 1.165) is 135 Å². The second kappa shape index (κ2) is 69.3. The third kappa shape index (κ3) is 67.4. The van der Waals surface area contributed by atoms with Crippen LogP contribution in [0, 0.1) is 0 Å². The highest BCUT2D eigenvalue weighted by Crippen LogP contribution is 2.15. The molecule has 0 fully saturated rings. The summed E-state index contributed by atoms with van der Waals surface area (Å²) in [6, 6.07) is 0. The summed E-state index contributed by atoms with van der Waals surface area (Å²) in [7, 11) is 0. The molecule has 0 N–H and O–H groups in total. The minimum Gasteiger partial charge on any atom is -0.462 e. The van der Waals surface area contributed by atoms with Crippen LogP contribution in [0.5, 0.6) is 0 Å². The molecule has 0 radical (unpaired) electrons. The molecule has 0 spiro atoms.